The van der Waals surface area contributed by atoms with Gasteiger partial charge in [0.05, 0.1) is 11.9 Å². The molecule has 1 saturated heterocycles. The highest BCUT2D eigenvalue weighted by Crippen LogP contribution is 2.38. The number of hydrogen-bond acceptors (Lipinski definition) is 6. The molecule has 1 aliphatic carbocycles. The number of benzene rings is 1. The van der Waals surface area contributed by atoms with Crippen LogP contribution in [0.2, 0.25) is 0 Å². The van der Waals surface area contributed by atoms with Crippen LogP contribution in [0.15, 0.2) is 23.4 Å². The standard InChI is InChI=1S/C19H22F2N4O3S/c1-10-22-19(24-23-10)29-9-18(27)25-7-11-2-16(26)17(3-12(11)8-25)28-15-5-13(20)4-14(21)6-15/h4-6,11-12,16-17,26H,2-3,7-9H2,1H3,(H,22,23,24)/t11-,12+,16+,17+/m0/s1. The fourth-order valence-corrected chi connectivity index (χ4v) is 4.84. The number of likely N-dealkylation sites (tertiary alicyclic amines) is 1. The van der Waals surface area contributed by atoms with Gasteiger partial charge < -0.3 is 14.7 Å². The summed E-state index contributed by atoms with van der Waals surface area (Å²) < 4.78 is 32.5. The Morgan fingerprint density at radius 2 is 1.97 bits per heavy atom. The second kappa shape index (κ2) is 8.27. The van der Waals surface area contributed by atoms with Crippen LogP contribution >= 0.6 is 11.8 Å². The van der Waals surface area contributed by atoms with Gasteiger partial charge in [0.15, 0.2) is 0 Å². The third kappa shape index (κ3) is 4.69. The second-order valence-electron chi connectivity index (χ2n) is 7.61. The molecule has 2 aliphatic rings. The van der Waals surface area contributed by atoms with E-state index in [1.54, 1.807) is 11.8 Å². The fraction of sp³-hybridized carbons (Fsp3) is 0.526. The number of carbonyl (C=O) groups is 1. The van der Waals surface area contributed by atoms with Gasteiger partial charge in [0.25, 0.3) is 0 Å². The van der Waals surface area contributed by atoms with E-state index in [2.05, 4.69) is 15.2 Å². The molecule has 1 amide bonds. The van der Waals surface area contributed by atoms with E-state index in [9.17, 15) is 18.7 Å². The smallest absolute Gasteiger partial charge is 0.233 e. The summed E-state index contributed by atoms with van der Waals surface area (Å²) >= 11 is 1.29. The molecule has 2 aromatic rings. The van der Waals surface area contributed by atoms with Gasteiger partial charge in [-0.3, -0.25) is 9.89 Å². The number of H-pyrrole nitrogens is 1. The molecule has 0 unspecified atom stereocenters. The lowest BCUT2D eigenvalue weighted by Gasteiger charge is -2.35. The topological polar surface area (TPSA) is 91.3 Å². The van der Waals surface area contributed by atoms with Gasteiger partial charge in [-0.05, 0) is 31.6 Å². The first-order chi connectivity index (χ1) is 13.9. The van der Waals surface area contributed by atoms with Gasteiger partial charge in [0.1, 0.15) is 29.3 Å². The number of halogens is 2. The average Bonchev–Trinajstić information content (AvgIpc) is 3.25. The molecule has 0 bridgehead atoms. The lowest BCUT2D eigenvalue weighted by atomic mass is 9.78. The van der Waals surface area contributed by atoms with Crippen LogP contribution in [0.25, 0.3) is 0 Å². The number of rotatable bonds is 5. The minimum absolute atomic E-state index is 0.00557. The van der Waals surface area contributed by atoms with Crippen LogP contribution in [-0.4, -0.2) is 62.1 Å². The Bertz CT molecular complexity index is 876. The first-order valence-electron chi connectivity index (χ1n) is 9.48. The summed E-state index contributed by atoms with van der Waals surface area (Å²) in [4.78, 5) is 18.5. The average molecular weight is 424 g/mol. The minimum atomic E-state index is -0.747. The molecule has 2 N–H and O–H groups in total. The first kappa shape index (κ1) is 20.1. The molecular formula is C19H22F2N4O3S. The van der Waals surface area contributed by atoms with E-state index in [-0.39, 0.29) is 29.2 Å². The third-order valence-electron chi connectivity index (χ3n) is 5.46. The Morgan fingerprint density at radius 1 is 1.28 bits per heavy atom. The number of aryl methyl sites for hydroxylation is 1. The minimum Gasteiger partial charge on any atom is -0.488 e. The van der Waals surface area contributed by atoms with Crippen LogP contribution in [0.1, 0.15) is 18.7 Å². The lowest BCUT2D eigenvalue weighted by molar-refractivity contribution is -0.127. The van der Waals surface area contributed by atoms with Crippen molar-refractivity contribution in [1.29, 1.82) is 0 Å². The number of hydrogen-bond donors (Lipinski definition) is 2. The molecular weight excluding hydrogens is 402 g/mol. The number of aromatic amines is 1. The second-order valence-corrected chi connectivity index (χ2v) is 8.55. The number of ether oxygens (including phenoxy) is 1. The summed E-state index contributed by atoms with van der Waals surface area (Å²) in [6.45, 7) is 2.97. The van der Waals surface area contributed by atoms with Crippen LogP contribution in [-0.2, 0) is 4.79 Å². The fourth-order valence-electron chi connectivity index (χ4n) is 4.10. The van der Waals surface area contributed by atoms with E-state index in [0.717, 1.165) is 18.2 Å². The highest BCUT2D eigenvalue weighted by Gasteiger charge is 2.43. The molecule has 10 heteroatoms. The number of amides is 1. The van der Waals surface area contributed by atoms with Gasteiger partial charge in [0.2, 0.25) is 11.1 Å². The molecule has 1 aliphatic heterocycles. The summed E-state index contributed by atoms with van der Waals surface area (Å²) in [5, 5.41) is 17.8. The molecule has 29 heavy (non-hydrogen) atoms. The molecule has 1 aromatic heterocycles. The molecule has 2 heterocycles. The van der Waals surface area contributed by atoms with Gasteiger partial charge in [-0.25, -0.2) is 13.8 Å². The number of nitrogens with zero attached hydrogens (tertiary/aromatic N) is 3. The van der Waals surface area contributed by atoms with Crippen molar-refractivity contribution < 1.29 is 23.4 Å². The van der Waals surface area contributed by atoms with E-state index in [1.807, 2.05) is 0 Å². The lowest BCUT2D eigenvalue weighted by Crippen LogP contribution is -2.42. The van der Waals surface area contributed by atoms with Crippen molar-refractivity contribution in [2.24, 2.45) is 11.8 Å². The van der Waals surface area contributed by atoms with Gasteiger partial charge in [-0.2, -0.15) is 0 Å². The Morgan fingerprint density at radius 3 is 2.62 bits per heavy atom. The maximum absolute atomic E-state index is 13.4. The number of aliphatic hydroxyl groups is 1. The molecule has 156 valence electrons. The van der Waals surface area contributed by atoms with Gasteiger partial charge in [-0.1, -0.05) is 11.8 Å². The molecule has 4 rings (SSSR count). The summed E-state index contributed by atoms with van der Waals surface area (Å²) in [6, 6.07) is 2.99. The highest BCUT2D eigenvalue weighted by molar-refractivity contribution is 7.99. The third-order valence-corrected chi connectivity index (χ3v) is 6.29. The van der Waals surface area contributed by atoms with Crippen LogP contribution in [0.5, 0.6) is 5.75 Å². The first-order valence-corrected chi connectivity index (χ1v) is 10.5. The maximum atomic E-state index is 13.4. The van der Waals surface area contributed by atoms with Crippen molar-refractivity contribution in [1.82, 2.24) is 20.1 Å². The molecule has 1 aromatic carbocycles. The molecule has 0 spiro atoms. The molecule has 0 radical (unpaired) electrons. The Balaban J connectivity index is 1.33. The van der Waals surface area contributed by atoms with Crippen molar-refractivity contribution in [2.75, 3.05) is 18.8 Å². The number of thioether (sulfide) groups is 1. The van der Waals surface area contributed by atoms with Gasteiger partial charge in [-0.15, -0.1) is 5.10 Å². The van der Waals surface area contributed by atoms with Crippen LogP contribution in [0, 0.1) is 30.4 Å². The van der Waals surface area contributed by atoms with Gasteiger partial charge >= 0.3 is 0 Å². The summed E-state index contributed by atoms with van der Waals surface area (Å²) in [7, 11) is 0. The molecule has 7 nitrogen and oxygen atoms in total. The van der Waals surface area contributed by atoms with E-state index >= 15 is 0 Å². The zero-order valence-corrected chi connectivity index (χ0v) is 16.7. The van der Waals surface area contributed by atoms with E-state index in [1.165, 1.54) is 11.8 Å². The normalized spacial score (nSPS) is 26.4. The number of fused-ring (bicyclic) bond motifs is 1. The quantitative estimate of drug-likeness (QED) is 0.715. The van der Waals surface area contributed by atoms with Crippen molar-refractivity contribution in [3.05, 3.63) is 35.7 Å². The number of aliphatic hydroxyl groups excluding tert-OH is 1. The van der Waals surface area contributed by atoms with E-state index in [0.29, 0.717) is 36.9 Å². The van der Waals surface area contributed by atoms with Crippen molar-refractivity contribution in [3.63, 3.8) is 0 Å². The predicted octanol–water partition coefficient (Wildman–Crippen LogP) is 2.16. The molecule has 2 fully saturated rings. The van der Waals surface area contributed by atoms with Crippen molar-refractivity contribution in [2.45, 2.75) is 37.1 Å². The van der Waals surface area contributed by atoms with E-state index < -0.39 is 23.8 Å². The monoisotopic (exact) mass is 424 g/mol. The van der Waals surface area contributed by atoms with Crippen molar-refractivity contribution in [3.8, 4) is 5.75 Å². The number of aromatic nitrogens is 3. The Labute approximate surface area is 170 Å². The largest absolute Gasteiger partial charge is 0.488 e. The van der Waals surface area contributed by atoms with Crippen molar-refractivity contribution >= 4 is 17.7 Å². The van der Waals surface area contributed by atoms with Crippen LogP contribution in [0.3, 0.4) is 0 Å². The maximum Gasteiger partial charge on any atom is 0.233 e. The SMILES string of the molecule is Cc1nc(SCC(=O)N2C[C@H]3C[C@@H](Oc4cc(F)cc(F)c4)[C@H](O)C[C@H]3C2)n[nH]1. The zero-order chi connectivity index (χ0) is 20.5. The Kier molecular flexibility index (Phi) is 5.73. The summed E-state index contributed by atoms with van der Waals surface area (Å²) in [5.74, 6) is -0.0532. The number of carbonyl (C=O) groups excluding carboxylic acids is 1. The number of nitrogens with one attached hydrogen (secondary N) is 1. The Hall–Kier alpha value is -2.20. The predicted molar refractivity (Wildman–Crippen MR) is 101 cm³/mol. The highest BCUT2D eigenvalue weighted by atomic mass is 32.2. The molecule has 4 atom stereocenters. The molecule has 1 saturated carbocycles. The van der Waals surface area contributed by atoms with E-state index in [4.69, 9.17) is 4.74 Å². The summed E-state index contributed by atoms with van der Waals surface area (Å²) in [5.41, 5.74) is 0. The van der Waals surface area contributed by atoms with Crippen LogP contribution in [0.4, 0.5) is 8.78 Å². The van der Waals surface area contributed by atoms with Crippen LogP contribution < -0.4 is 4.74 Å². The van der Waals surface area contributed by atoms with Gasteiger partial charge in [0, 0.05) is 31.3 Å². The summed E-state index contributed by atoms with van der Waals surface area (Å²) in [6.07, 6.45) is -0.285. The zero-order valence-electron chi connectivity index (χ0n) is 15.8.